The second-order valence-electron chi connectivity index (χ2n) is 18.0. The number of hydrogen-bond donors (Lipinski definition) is 6. The number of nitrogen functional groups attached to an aromatic ring is 1. The molecule has 0 spiro atoms. The zero-order valence-corrected chi connectivity index (χ0v) is 40.6. The number of aromatic nitrogens is 3. The molecule has 3 aliphatic rings. The van der Waals surface area contributed by atoms with Gasteiger partial charge in [-0.25, -0.2) is 13.4 Å². The molecule has 5 heterocycles. The summed E-state index contributed by atoms with van der Waals surface area (Å²) in [7, 11) is -2.17. The Labute approximate surface area is 411 Å². The number of nitrogens with one attached hydrogen (secondary N) is 5. The van der Waals surface area contributed by atoms with Crippen LogP contribution in [0.3, 0.4) is 0 Å². The fraction of sp³-hybridized carbons (Fsp3) is 0.449. The van der Waals surface area contributed by atoms with Crippen LogP contribution >= 0.6 is 11.3 Å². The van der Waals surface area contributed by atoms with Crippen molar-refractivity contribution in [3.63, 3.8) is 0 Å². The van der Waals surface area contributed by atoms with Crippen LogP contribution in [-0.4, -0.2) is 97.0 Å². The van der Waals surface area contributed by atoms with Gasteiger partial charge in [0.15, 0.2) is 5.13 Å². The molecule has 0 bridgehead atoms. The number of carbonyl (C=O) groups is 4. The molecule has 21 heteroatoms. The number of rotatable bonds is 21. The van der Waals surface area contributed by atoms with Gasteiger partial charge in [-0.3, -0.25) is 33.9 Å². The van der Waals surface area contributed by atoms with E-state index in [4.69, 9.17) is 19.6 Å². The summed E-state index contributed by atoms with van der Waals surface area (Å²) in [4.78, 5) is 66.0. The molecule has 372 valence electrons. The standard InChI is InChI=1S/C49H60N10O9S2/c1-59-45(61)26-40(46(59)32-4-2-17-51-27-32)48(63)52-18-22-68-37-12-10-36(11-13-37)67-20-3-5-44(60)56-34-8-6-31(7-9-34)47(62)55-28-35-24-39(33-16-21-66-30-33)43(29-54-35)57-42-15-14-38(25-41(42)50)70(64,65)58-49-53-19-23-69-49/h2,4,14-17,19,21,23-25,27,29-31,34,36-37,40,46,57H,3,5-13,18,20,22,26,28,50H2,1H3,(H,52,63)(H,53,58)(H,55,62)(H,56,60)/t31?,34?,36?,37?,40-,46+/m0/s1. The van der Waals surface area contributed by atoms with Gasteiger partial charge in [0, 0.05) is 80.1 Å². The van der Waals surface area contributed by atoms with E-state index in [1.165, 1.54) is 29.7 Å². The second kappa shape index (κ2) is 23.5. The van der Waals surface area contributed by atoms with Crippen LogP contribution < -0.4 is 31.7 Å². The molecule has 2 atom stereocenters. The van der Waals surface area contributed by atoms with Crippen molar-refractivity contribution in [3.05, 3.63) is 96.4 Å². The Morgan fingerprint density at radius 2 is 1.69 bits per heavy atom. The topological polar surface area (TPSA) is 262 Å². The minimum Gasteiger partial charge on any atom is -0.472 e. The minimum absolute atomic E-state index is 0.00942. The second-order valence-corrected chi connectivity index (χ2v) is 20.5. The van der Waals surface area contributed by atoms with Gasteiger partial charge in [-0.05, 0) is 99.7 Å². The van der Waals surface area contributed by atoms with Crippen molar-refractivity contribution in [2.75, 3.05) is 42.6 Å². The van der Waals surface area contributed by atoms with Gasteiger partial charge in [-0.15, -0.1) is 11.3 Å². The van der Waals surface area contributed by atoms with E-state index in [1.807, 2.05) is 18.2 Å². The SMILES string of the molecule is CN1C(=O)C[C@H](C(=O)NCCOC2CCC(OCCCC(=O)NC3CCC(C(=O)NCc4cc(-c5ccoc5)c(Nc5ccc(S(=O)(=O)Nc6nccs6)cc5N)cn4)CC3)CC2)[C@H]1c1cccnc1. The molecule has 19 nitrogen and oxygen atoms in total. The van der Waals surface area contributed by atoms with E-state index in [-0.39, 0.29) is 82.5 Å². The highest BCUT2D eigenvalue weighted by molar-refractivity contribution is 7.93. The van der Waals surface area contributed by atoms with Crippen molar-refractivity contribution in [2.24, 2.45) is 11.8 Å². The highest BCUT2D eigenvalue weighted by atomic mass is 32.2. The summed E-state index contributed by atoms with van der Waals surface area (Å²) in [5.74, 6) is -0.936. The molecule has 5 aromatic rings. The first-order chi connectivity index (χ1) is 33.9. The zero-order valence-electron chi connectivity index (χ0n) is 39.0. The number of sulfonamides is 1. The van der Waals surface area contributed by atoms with Gasteiger partial charge in [0.2, 0.25) is 23.6 Å². The van der Waals surface area contributed by atoms with Crippen molar-refractivity contribution in [3.8, 4) is 11.1 Å². The molecule has 1 aliphatic heterocycles. The van der Waals surface area contributed by atoms with Crippen molar-refractivity contribution in [1.29, 1.82) is 0 Å². The third kappa shape index (κ3) is 13.1. The van der Waals surface area contributed by atoms with Gasteiger partial charge >= 0.3 is 0 Å². The largest absolute Gasteiger partial charge is 0.472 e. The smallest absolute Gasteiger partial charge is 0.263 e. The Morgan fingerprint density at radius 1 is 0.900 bits per heavy atom. The molecule has 8 rings (SSSR count). The normalized spacial score (nSPS) is 21.5. The predicted octanol–water partition coefficient (Wildman–Crippen LogP) is 6.07. The average Bonchev–Trinajstić information content (AvgIpc) is 4.16. The molecule has 1 aromatic carbocycles. The van der Waals surface area contributed by atoms with Crippen molar-refractivity contribution in [2.45, 2.75) is 106 Å². The average molecular weight is 997 g/mol. The van der Waals surface area contributed by atoms with Crippen LogP contribution in [0.15, 0.2) is 94.5 Å². The Morgan fingerprint density at radius 3 is 2.39 bits per heavy atom. The van der Waals surface area contributed by atoms with Crippen molar-refractivity contribution in [1.82, 2.24) is 35.8 Å². The molecule has 4 aromatic heterocycles. The van der Waals surface area contributed by atoms with Gasteiger partial charge < -0.3 is 45.8 Å². The first kappa shape index (κ1) is 50.0. The number of thiazole rings is 1. The van der Waals surface area contributed by atoms with Crippen LogP contribution in [0, 0.1) is 11.8 Å². The number of benzene rings is 1. The lowest BCUT2D eigenvalue weighted by molar-refractivity contribution is -0.128. The quantitative estimate of drug-likeness (QED) is 0.0360. The maximum Gasteiger partial charge on any atom is 0.263 e. The van der Waals surface area contributed by atoms with Gasteiger partial charge in [0.25, 0.3) is 10.0 Å². The molecule has 4 amide bonds. The summed E-state index contributed by atoms with van der Waals surface area (Å²) in [5, 5.41) is 14.3. The van der Waals surface area contributed by atoms with Crippen LogP contribution in [0.5, 0.6) is 0 Å². The van der Waals surface area contributed by atoms with Gasteiger partial charge in [0.1, 0.15) is 0 Å². The molecule has 3 fully saturated rings. The first-order valence-electron chi connectivity index (χ1n) is 23.7. The predicted molar refractivity (Wildman–Crippen MR) is 263 cm³/mol. The zero-order chi connectivity index (χ0) is 49.0. The van der Waals surface area contributed by atoms with E-state index in [1.54, 1.807) is 60.6 Å². The molecule has 1 saturated heterocycles. The number of anilines is 4. The Hall–Kier alpha value is -6.42. The summed E-state index contributed by atoms with van der Waals surface area (Å²) in [6, 6.07) is 11.4. The van der Waals surface area contributed by atoms with Gasteiger partial charge in [-0.2, -0.15) is 0 Å². The number of amides is 4. The number of furan rings is 1. The van der Waals surface area contributed by atoms with Gasteiger partial charge in [-0.1, -0.05) is 6.07 Å². The van der Waals surface area contributed by atoms with Crippen LogP contribution in [0.2, 0.25) is 0 Å². The minimum atomic E-state index is -3.90. The Balaban J connectivity index is 0.693. The van der Waals surface area contributed by atoms with E-state index in [9.17, 15) is 27.6 Å². The molecular weight excluding hydrogens is 937 g/mol. The van der Waals surface area contributed by atoms with Crippen molar-refractivity contribution >= 4 is 67.2 Å². The monoisotopic (exact) mass is 996 g/mol. The fourth-order valence-electron chi connectivity index (χ4n) is 9.38. The van der Waals surface area contributed by atoms with E-state index in [0.717, 1.165) is 42.4 Å². The summed E-state index contributed by atoms with van der Waals surface area (Å²) in [5.41, 5.74) is 10.6. The summed E-state index contributed by atoms with van der Waals surface area (Å²) >= 11 is 1.17. The molecule has 2 saturated carbocycles. The van der Waals surface area contributed by atoms with E-state index >= 15 is 0 Å². The molecule has 0 unspecified atom stereocenters. The number of carbonyl (C=O) groups excluding carboxylic acids is 4. The number of ether oxygens (including phenoxy) is 2. The lowest BCUT2D eigenvalue weighted by atomic mass is 9.85. The maximum atomic E-state index is 13.3. The number of likely N-dealkylation sites (tertiary alicyclic amines) is 1. The number of nitrogens with two attached hydrogens (primary N) is 1. The maximum absolute atomic E-state index is 13.3. The number of hydrogen-bond acceptors (Lipinski definition) is 15. The Bertz CT molecular complexity index is 2660. The van der Waals surface area contributed by atoms with E-state index < -0.39 is 15.9 Å². The Kier molecular flexibility index (Phi) is 16.8. The fourth-order valence-corrected chi connectivity index (χ4v) is 11.2. The van der Waals surface area contributed by atoms with Crippen LogP contribution in [0.4, 0.5) is 22.2 Å². The third-order valence-electron chi connectivity index (χ3n) is 13.2. The molecule has 7 N–H and O–H groups in total. The number of pyridine rings is 2. The molecular formula is C49H60N10O9S2. The van der Waals surface area contributed by atoms with Gasteiger partial charge in [0.05, 0.1) is 83.7 Å². The molecule has 0 radical (unpaired) electrons. The molecule has 70 heavy (non-hydrogen) atoms. The lowest BCUT2D eigenvalue weighted by Crippen LogP contribution is -2.40. The van der Waals surface area contributed by atoms with Crippen LogP contribution in [0.25, 0.3) is 11.1 Å². The summed E-state index contributed by atoms with van der Waals surface area (Å²) in [6.07, 6.45) is 17.3. The van der Waals surface area contributed by atoms with E-state index in [0.29, 0.717) is 75.4 Å². The number of nitrogens with zero attached hydrogens (tertiary/aromatic N) is 4. The lowest BCUT2D eigenvalue weighted by Gasteiger charge is -2.29. The summed E-state index contributed by atoms with van der Waals surface area (Å²) in [6.45, 7) is 1.48. The summed E-state index contributed by atoms with van der Waals surface area (Å²) < 4.78 is 45.8. The highest BCUT2D eigenvalue weighted by Gasteiger charge is 2.42. The van der Waals surface area contributed by atoms with Crippen LogP contribution in [-0.2, 0) is 45.2 Å². The first-order valence-corrected chi connectivity index (χ1v) is 26.1. The van der Waals surface area contributed by atoms with Crippen LogP contribution in [0.1, 0.15) is 87.9 Å². The van der Waals surface area contributed by atoms with Crippen molar-refractivity contribution < 1.29 is 41.5 Å². The third-order valence-corrected chi connectivity index (χ3v) is 15.3. The molecule has 2 aliphatic carbocycles. The van der Waals surface area contributed by atoms with E-state index in [2.05, 4.69) is 40.9 Å². The highest BCUT2D eigenvalue weighted by Crippen LogP contribution is 2.37.